The van der Waals surface area contributed by atoms with Gasteiger partial charge in [0.2, 0.25) is 5.82 Å². The maximum Gasteiger partial charge on any atom is 0.331 e. The molecule has 19 heavy (non-hydrogen) atoms. The van der Waals surface area contributed by atoms with Crippen LogP contribution in [0.15, 0.2) is 9.98 Å². The first-order chi connectivity index (χ1) is 8.79. The Labute approximate surface area is 121 Å². The van der Waals surface area contributed by atoms with Gasteiger partial charge in [-0.25, -0.2) is 9.78 Å². The fourth-order valence-corrected chi connectivity index (χ4v) is 2.72. The third-order valence-corrected chi connectivity index (χ3v) is 3.85. The van der Waals surface area contributed by atoms with Gasteiger partial charge in [0.15, 0.2) is 11.0 Å². The van der Waals surface area contributed by atoms with E-state index >= 15 is 0 Å². The van der Waals surface area contributed by atoms with Crippen molar-refractivity contribution >= 4 is 33.2 Å². The van der Waals surface area contributed by atoms with Crippen molar-refractivity contribution in [3.8, 4) is 10.8 Å². The lowest BCUT2D eigenvalue weighted by molar-refractivity contribution is -0.145. The van der Waals surface area contributed by atoms with E-state index in [-0.39, 0.29) is 0 Å². The van der Waals surface area contributed by atoms with Gasteiger partial charge < -0.3 is 5.11 Å². The summed E-state index contributed by atoms with van der Waals surface area (Å²) < 4.78 is 0.851. The number of rotatable bonds is 3. The van der Waals surface area contributed by atoms with Gasteiger partial charge in [0.05, 0.1) is 9.98 Å². The predicted molar refractivity (Wildman–Crippen MR) is 72.8 cm³/mol. The Morgan fingerprint density at radius 1 is 1.53 bits per heavy atom. The predicted octanol–water partition coefficient (Wildman–Crippen LogP) is 2.23. The molecule has 0 bridgehead atoms. The number of aromatic nitrogens is 5. The second-order valence-electron chi connectivity index (χ2n) is 5.01. The van der Waals surface area contributed by atoms with E-state index < -0.39 is 17.4 Å². The molecule has 0 spiro atoms. The second kappa shape index (κ2) is 4.97. The van der Waals surface area contributed by atoms with Crippen LogP contribution in [0.3, 0.4) is 0 Å². The number of nitrogens with zero attached hydrogens (tertiary/aromatic N) is 5. The largest absolute Gasteiger partial charge is 0.480 e. The van der Waals surface area contributed by atoms with E-state index in [9.17, 15) is 9.90 Å². The monoisotopic (exact) mass is 345 g/mol. The summed E-state index contributed by atoms with van der Waals surface area (Å²) in [6.07, 6.45) is 1.64. The molecule has 0 aliphatic carbocycles. The average molecular weight is 346 g/mol. The summed E-state index contributed by atoms with van der Waals surface area (Å²) in [4.78, 5) is 16.6. The first kappa shape index (κ1) is 14.1. The van der Waals surface area contributed by atoms with E-state index in [2.05, 4.69) is 36.3 Å². The fourth-order valence-electron chi connectivity index (χ4n) is 1.59. The summed E-state index contributed by atoms with van der Waals surface area (Å²) in [5, 5.41) is 21.7. The van der Waals surface area contributed by atoms with E-state index in [1.807, 2.05) is 20.8 Å². The van der Waals surface area contributed by atoms with E-state index in [4.69, 9.17) is 0 Å². The topological polar surface area (TPSA) is 93.8 Å². The maximum atomic E-state index is 11.3. The SMILES string of the molecule is CC(C)(C)C(C(=O)O)n1nnc(-c2ncc(Br)s2)n1. The molecule has 0 aromatic carbocycles. The summed E-state index contributed by atoms with van der Waals surface area (Å²) in [5.41, 5.74) is -0.521. The molecular formula is C10H12BrN5O2S. The van der Waals surface area contributed by atoms with Crippen molar-refractivity contribution < 1.29 is 9.90 Å². The number of hydrogen-bond donors (Lipinski definition) is 1. The van der Waals surface area contributed by atoms with Gasteiger partial charge in [-0.2, -0.15) is 0 Å². The number of aliphatic carboxylic acids is 1. The summed E-state index contributed by atoms with van der Waals surface area (Å²) in [5.74, 6) is -0.664. The van der Waals surface area contributed by atoms with Crippen molar-refractivity contribution in [1.82, 2.24) is 25.2 Å². The smallest absolute Gasteiger partial charge is 0.331 e. The first-order valence-electron chi connectivity index (χ1n) is 5.43. The molecule has 1 N–H and O–H groups in total. The van der Waals surface area contributed by atoms with Crippen molar-refractivity contribution in [2.24, 2.45) is 5.41 Å². The number of hydrogen-bond acceptors (Lipinski definition) is 6. The van der Waals surface area contributed by atoms with Gasteiger partial charge in [-0.05, 0) is 26.6 Å². The van der Waals surface area contributed by atoms with Crippen LogP contribution in [-0.2, 0) is 4.79 Å². The molecule has 2 rings (SSSR count). The fraction of sp³-hybridized carbons (Fsp3) is 0.500. The van der Waals surface area contributed by atoms with Gasteiger partial charge in [0.1, 0.15) is 0 Å². The van der Waals surface area contributed by atoms with E-state index in [0.717, 1.165) is 8.58 Å². The zero-order valence-corrected chi connectivity index (χ0v) is 12.9. The molecule has 0 saturated carbocycles. The van der Waals surface area contributed by atoms with Crippen LogP contribution in [0.1, 0.15) is 26.8 Å². The number of tetrazole rings is 1. The number of carboxylic acid groups (broad SMARTS) is 1. The third kappa shape index (κ3) is 2.98. The normalized spacial score (nSPS) is 13.5. The summed E-state index contributed by atoms with van der Waals surface area (Å²) >= 11 is 4.66. The van der Waals surface area contributed by atoms with Crippen LogP contribution >= 0.6 is 27.3 Å². The van der Waals surface area contributed by atoms with Crippen LogP contribution in [0, 0.1) is 5.41 Å². The second-order valence-corrected chi connectivity index (χ2v) is 7.42. The van der Waals surface area contributed by atoms with Gasteiger partial charge in [-0.3, -0.25) is 0 Å². The van der Waals surface area contributed by atoms with Crippen molar-refractivity contribution in [3.05, 3.63) is 9.98 Å². The molecule has 0 fully saturated rings. The molecule has 1 atom stereocenters. The van der Waals surface area contributed by atoms with E-state index in [0.29, 0.717) is 10.8 Å². The number of thiazole rings is 1. The highest BCUT2D eigenvalue weighted by atomic mass is 79.9. The van der Waals surface area contributed by atoms with Crippen molar-refractivity contribution in [2.75, 3.05) is 0 Å². The third-order valence-electron chi connectivity index (χ3n) is 2.38. The zero-order valence-electron chi connectivity index (χ0n) is 10.5. The molecule has 9 heteroatoms. The lowest BCUT2D eigenvalue weighted by Crippen LogP contribution is -2.33. The van der Waals surface area contributed by atoms with Crippen LogP contribution in [-0.4, -0.2) is 36.3 Å². The minimum absolute atomic E-state index is 0.325. The van der Waals surface area contributed by atoms with E-state index in [1.165, 1.54) is 11.3 Å². The highest BCUT2D eigenvalue weighted by Gasteiger charge is 2.35. The highest BCUT2D eigenvalue weighted by Crippen LogP contribution is 2.30. The quantitative estimate of drug-likeness (QED) is 0.916. The molecule has 7 nitrogen and oxygen atoms in total. The summed E-state index contributed by atoms with van der Waals surface area (Å²) in [6.45, 7) is 5.44. The molecule has 0 amide bonds. The Balaban J connectivity index is 2.37. The van der Waals surface area contributed by atoms with Crippen molar-refractivity contribution in [3.63, 3.8) is 0 Å². The Bertz CT molecular complexity index is 603. The Morgan fingerprint density at radius 3 is 2.68 bits per heavy atom. The molecular weight excluding hydrogens is 334 g/mol. The van der Waals surface area contributed by atoms with Gasteiger partial charge in [-0.1, -0.05) is 20.8 Å². The van der Waals surface area contributed by atoms with Crippen LogP contribution in [0.2, 0.25) is 0 Å². The maximum absolute atomic E-state index is 11.3. The molecule has 2 aromatic rings. The number of halogens is 1. The van der Waals surface area contributed by atoms with Crippen molar-refractivity contribution in [2.45, 2.75) is 26.8 Å². The highest BCUT2D eigenvalue weighted by molar-refractivity contribution is 9.11. The molecule has 0 radical (unpaired) electrons. The lowest BCUT2D eigenvalue weighted by Gasteiger charge is -2.25. The molecule has 0 saturated heterocycles. The Morgan fingerprint density at radius 2 is 2.21 bits per heavy atom. The zero-order chi connectivity index (χ0) is 14.2. The molecule has 0 aliphatic heterocycles. The van der Waals surface area contributed by atoms with Gasteiger partial charge in [0.25, 0.3) is 0 Å². The standard InChI is InChI=1S/C10H12BrN5O2S/c1-10(2,3)6(9(17)18)16-14-7(13-15-16)8-12-4-5(11)19-8/h4,6H,1-3H3,(H,17,18). The molecule has 2 aromatic heterocycles. The minimum Gasteiger partial charge on any atom is -0.480 e. The van der Waals surface area contributed by atoms with Gasteiger partial charge in [-0.15, -0.1) is 26.3 Å². The first-order valence-corrected chi connectivity index (χ1v) is 7.04. The van der Waals surface area contributed by atoms with Crippen LogP contribution in [0.5, 0.6) is 0 Å². The lowest BCUT2D eigenvalue weighted by atomic mass is 9.87. The molecule has 102 valence electrons. The number of carboxylic acids is 1. The van der Waals surface area contributed by atoms with Gasteiger partial charge >= 0.3 is 5.97 Å². The molecule has 2 heterocycles. The van der Waals surface area contributed by atoms with Crippen LogP contribution in [0.4, 0.5) is 0 Å². The Hall–Kier alpha value is -1.35. The molecule has 0 aliphatic rings. The number of carbonyl (C=O) groups is 1. The summed E-state index contributed by atoms with van der Waals surface area (Å²) in [6, 6.07) is -0.878. The minimum atomic E-state index is -0.989. The van der Waals surface area contributed by atoms with Crippen molar-refractivity contribution in [1.29, 1.82) is 0 Å². The molecule has 1 unspecified atom stereocenters. The Kier molecular flexibility index (Phi) is 3.68. The summed E-state index contributed by atoms with van der Waals surface area (Å²) in [7, 11) is 0. The van der Waals surface area contributed by atoms with Crippen LogP contribution in [0.25, 0.3) is 10.8 Å². The van der Waals surface area contributed by atoms with Gasteiger partial charge in [0, 0.05) is 0 Å². The average Bonchev–Trinajstić information content (AvgIpc) is 2.84. The van der Waals surface area contributed by atoms with E-state index in [1.54, 1.807) is 6.20 Å². The van der Waals surface area contributed by atoms with Crippen LogP contribution < -0.4 is 0 Å².